The Bertz CT molecular complexity index is 915. The summed E-state index contributed by atoms with van der Waals surface area (Å²) in [4.78, 5) is 11.0. The van der Waals surface area contributed by atoms with Crippen molar-refractivity contribution in [2.45, 2.75) is 25.2 Å². The molecular weight excluding hydrogens is 370 g/mol. The third-order valence-corrected chi connectivity index (χ3v) is 5.36. The van der Waals surface area contributed by atoms with Crippen molar-refractivity contribution in [1.29, 1.82) is 0 Å². The van der Waals surface area contributed by atoms with E-state index in [1.165, 1.54) is 11.3 Å². The number of hydrogen-bond acceptors (Lipinski definition) is 4. The molecule has 144 valence electrons. The van der Waals surface area contributed by atoms with Gasteiger partial charge in [-0.3, -0.25) is 9.97 Å². The molecule has 6 nitrogen and oxygen atoms in total. The van der Waals surface area contributed by atoms with Gasteiger partial charge in [-0.05, 0) is 54.2 Å². The van der Waals surface area contributed by atoms with Crippen LogP contribution in [-0.2, 0) is 17.8 Å². The van der Waals surface area contributed by atoms with Crippen LogP contribution in [0.4, 0.5) is 0 Å². The second kappa shape index (κ2) is 8.50. The molecular formula is C21H23N5OS. The van der Waals surface area contributed by atoms with Gasteiger partial charge in [-0.15, -0.1) is 0 Å². The lowest BCUT2D eigenvalue weighted by Gasteiger charge is -2.29. The molecule has 1 aliphatic heterocycles. The van der Waals surface area contributed by atoms with E-state index in [2.05, 4.69) is 43.1 Å². The first-order valence-corrected chi connectivity index (χ1v) is 9.69. The predicted molar refractivity (Wildman–Crippen MR) is 112 cm³/mol. The molecule has 3 aromatic rings. The van der Waals surface area contributed by atoms with Crippen LogP contribution in [-0.4, -0.2) is 38.3 Å². The summed E-state index contributed by atoms with van der Waals surface area (Å²) in [6.07, 6.45) is 7.55. The lowest BCUT2D eigenvalue weighted by molar-refractivity contribution is 0.183. The molecule has 1 aliphatic rings. The highest BCUT2D eigenvalue weighted by atomic mass is 32.1. The summed E-state index contributed by atoms with van der Waals surface area (Å²) < 4.78 is 7.53. The van der Waals surface area contributed by atoms with Crippen LogP contribution in [0.15, 0.2) is 67.3 Å². The van der Waals surface area contributed by atoms with E-state index in [-0.39, 0.29) is 12.1 Å². The zero-order valence-electron chi connectivity index (χ0n) is 15.7. The Kier molecular flexibility index (Phi) is 5.64. The number of methoxy groups -OCH3 is 1. The van der Waals surface area contributed by atoms with Gasteiger partial charge in [0.15, 0.2) is 5.11 Å². The number of hydrogen-bond donors (Lipinski definition) is 1. The highest BCUT2D eigenvalue weighted by Crippen LogP contribution is 2.39. The monoisotopic (exact) mass is 393 g/mol. The summed E-state index contributed by atoms with van der Waals surface area (Å²) in [7, 11) is 1.72. The molecule has 4 rings (SSSR count). The van der Waals surface area contributed by atoms with Crippen LogP contribution < -0.4 is 5.32 Å². The maximum absolute atomic E-state index is 5.74. The zero-order valence-corrected chi connectivity index (χ0v) is 16.5. The molecule has 1 fully saturated rings. The van der Waals surface area contributed by atoms with Gasteiger partial charge in [-0.25, -0.2) is 0 Å². The molecule has 1 N–H and O–H groups in total. The van der Waals surface area contributed by atoms with Gasteiger partial charge >= 0.3 is 0 Å². The van der Waals surface area contributed by atoms with Gasteiger partial charge in [0.05, 0.1) is 24.4 Å². The first-order valence-electron chi connectivity index (χ1n) is 9.29. The number of aromatic nitrogens is 3. The highest BCUT2D eigenvalue weighted by Gasteiger charge is 2.41. The third kappa shape index (κ3) is 3.76. The van der Waals surface area contributed by atoms with E-state index in [0.717, 1.165) is 17.4 Å². The molecule has 0 radical (unpaired) electrons. The van der Waals surface area contributed by atoms with Crippen molar-refractivity contribution < 1.29 is 4.74 Å². The number of pyridine rings is 2. The van der Waals surface area contributed by atoms with E-state index in [4.69, 9.17) is 17.0 Å². The minimum atomic E-state index is -0.0215. The topological polar surface area (TPSA) is 55.2 Å². The fourth-order valence-corrected chi connectivity index (χ4v) is 3.98. The second-order valence-corrected chi connectivity index (χ2v) is 7.12. The Hall–Kier alpha value is -2.77. The van der Waals surface area contributed by atoms with Crippen LogP contribution >= 0.6 is 12.2 Å². The molecule has 1 saturated heterocycles. The first kappa shape index (κ1) is 18.6. The van der Waals surface area contributed by atoms with E-state index in [1.807, 2.05) is 48.9 Å². The average molecular weight is 394 g/mol. The first-order chi connectivity index (χ1) is 13.8. The van der Waals surface area contributed by atoms with Crippen molar-refractivity contribution in [3.8, 4) is 0 Å². The van der Waals surface area contributed by atoms with Crippen molar-refractivity contribution >= 4 is 17.3 Å². The molecule has 7 heteroatoms. The van der Waals surface area contributed by atoms with Crippen LogP contribution in [0.5, 0.6) is 0 Å². The lowest BCUT2D eigenvalue weighted by atomic mass is 10.0. The molecule has 28 heavy (non-hydrogen) atoms. The minimum Gasteiger partial charge on any atom is -0.383 e. The second-order valence-electron chi connectivity index (χ2n) is 6.73. The van der Waals surface area contributed by atoms with E-state index in [9.17, 15) is 0 Å². The standard InChI is InChI=1S/C21H23N5OS/c1-27-14-13-25-12-4-6-18(25)20-19(17-5-2-3-9-23-17)24-21(28)26(20)15-16-7-10-22-11-8-16/h2-12,19-20H,13-15H2,1H3,(H,24,28). The van der Waals surface area contributed by atoms with E-state index >= 15 is 0 Å². The predicted octanol–water partition coefficient (Wildman–Crippen LogP) is 3.10. The molecule has 0 bridgehead atoms. The maximum atomic E-state index is 5.74. The van der Waals surface area contributed by atoms with E-state index < -0.39 is 0 Å². The Morgan fingerprint density at radius 2 is 1.96 bits per heavy atom. The fraction of sp³-hybridized carbons (Fsp3) is 0.286. The Labute approximate surface area is 170 Å². The molecule has 0 saturated carbocycles. The molecule has 0 aromatic carbocycles. The van der Waals surface area contributed by atoms with Crippen molar-refractivity contribution in [3.05, 3.63) is 84.2 Å². The highest BCUT2D eigenvalue weighted by molar-refractivity contribution is 7.80. The third-order valence-electron chi connectivity index (χ3n) is 5.00. The molecule has 4 heterocycles. The average Bonchev–Trinajstić information content (AvgIpc) is 3.32. The number of nitrogens with one attached hydrogen (secondary N) is 1. The normalized spacial score (nSPS) is 19.0. The van der Waals surface area contributed by atoms with Crippen LogP contribution in [0.2, 0.25) is 0 Å². The van der Waals surface area contributed by atoms with Gasteiger partial charge in [0, 0.05) is 50.7 Å². The summed E-state index contributed by atoms with van der Waals surface area (Å²) in [5, 5.41) is 4.23. The van der Waals surface area contributed by atoms with Crippen LogP contribution in [0.25, 0.3) is 0 Å². The number of nitrogens with zero attached hydrogens (tertiary/aromatic N) is 4. The summed E-state index contributed by atoms with van der Waals surface area (Å²) in [5.41, 5.74) is 3.33. The summed E-state index contributed by atoms with van der Waals surface area (Å²) in [5.74, 6) is 0. The quantitative estimate of drug-likeness (QED) is 0.623. The number of rotatable bonds is 7. The molecule has 2 unspecified atom stereocenters. The largest absolute Gasteiger partial charge is 0.383 e. The van der Waals surface area contributed by atoms with Gasteiger partial charge in [0.1, 0.15) is 0 Å². The molecule has 3 aromatic heterocycles. The summed E-state index contributed by atoms with van der Waals surface area (Å²) in [6.45, 7) is 2.16. The summed E-state index contributed by atoms with van der Waals surface area (Å²) >= 11 is 5.74. The van der Waals surface area contributed by atoms with Crippen LogP contribution in [0.3, 0.4) is 0 Å². The Balaban J connectivity index is 1.72. The van der Waals surface area contributed by atoms with Gasteiger partial charge in [0.2, 0.25) is 0 Å². The minimum absolute atomic E-state index is 0.0215. The van der Waals surface area contributed by atoms with Crippen LogP contribution in [0.1, 0.15) is 29.0 Å². The van der Waals surface area contributed by atoms with Crippen molar-refractivity contribution in [2.24, 2.45) is 0 Å². The number of thiocarbonyl (C=S) groups is 1. The molecule has 0 aliphatic carbocycles. The van der Waals surface area contributed by atoms with E-state index in [1.54, 1.807) is 7.11 Å². The lowest BCUT2D eigenvalue weighted by Crippen LogP contribution is -2.30. The molecule has 2 atom stereocenters. The molecule has 0 amide bonds. The Morgan fingerprint density at radius 1 is 1.11 bits per heavy atom. The van der Waals surface area contributed by atoms with Gasteiger partial charge in [-0.1, -0.05) is 6.07 Å². The zero-order chi connectivity index (χ0) is 19.3. The van der Waals surface area contributed by atoms with Crippen molar-refractivity contribution in [3.63, 3.8) is 0 Å². The van der Waals surface area contributed by atoms with E-state index in [0.29, 0.717) is 13.2 Å². The smallest absolute Gasteiger partial charge is 0.170 e. The van der Waals surface area contributed by atoms with Crippen LogP contribution in [0, 0.1) is 0 Å². The molecule has 0 spiro atoms. The van der Waals surface area contributed by atoms with Crippen molar-refractivity contribution in [2.75, 3.05) is 13.7 Å². The summed E-state index contributed by atoms with van der Waals surface area (Å²) in [6, 6.07) is 14.3. The van der Waals surface area contributed by atoms with Gasteiger partial charge in [-0.2, -0.15) is 0 Å². The van der Waals surface area contributed by atoms with Gasteiger partial charge < -0.3 is 19.5 Å². The SMILES string of the molecule is COCCn1cccc1C1C(c2ccccn2)NC(=S)N1Cc1ccncc1. The van der Waals surface area contributed by atoms with Crippen molar-refractivity contribution in [1.82, 2.24) is 24.8 Å². The Morgan fingerprint density at radius 3 is 2.71 bits per heavy atom. The number of ether oxygens (including phenoxy) is 1. The van der Waals surface area contributed by atoms with Gasteiger partial charge in [0.25, 0.3) is 0 Å². The fourth-order valence-electron chi connectivity index (χ4n) is 3.67. The maximum Gasteiger partial charge on any atom is 0.170 e.